The zero-order chi connectivity index (χ0) is 15.2. The maximum absolute atomic E-state index is 13.2. The average molecular weight is 289 g/mol. The van der Waals surface area contributed by atoms with E-state index in [4.69, 9.17) is 0 Å². The van der Waals surface area contributed by atoms with Gasteiger partial charge in [-0.05, 0) is 56.5 Å². The molecule has 0 aliphatic carbocycles. The van der Waals surface area contributed by atoms with Gasteiger partial charge in [0, 0.05) is 12.1 Å². The van der Waals surface area contributed by atoms with Crippen molar-refractivity contribution < 1.29 is 8.78 Å². The van der Waals surface area contributed by atoms with Crippen molar-refractivity contribution in [3.05, 3.63) is 70.8 Å². The van der Waals surface area contributed by atoms with Gasteiger partial charge in [0.1, 0.15) is 11.6 Å². The second-order valence-corrected chi connectivity index (χ2v) is 5.50. The molecule has 1 N–H and O–H groups in total. The highest BCUT2D eigenvalue weighted by atomic mass is 19.1. The van der Waals surface area contributed by atoms with Crippen LogP contribution in [-0.4, -0.2) is 13.1 Å². The van der Waals surface area contributed by atoms with Gasteiger partial charge in [0.25, 0.3) is 0 Å². The van der Waals surface area contributed by atoms with E-state index in [0.717, 1.165) is 18.9 Å². The lowest BCUT2D eigenvalue weighted by atomic mass is 9.98. The molecular weight excluding hydrogens is 268 g/mol. The molecule has 1 unspecified atom stereocenters. The zero-order valence-electron chi connectivity index (χ0n) is 12.5. The number of benzene rings is 2. The minimum atomic E-state index is -0.515. The van der Waals surface area contributed by atoms with Crippen LogP contribution in [0.3, 0.4) is 0 Å². The summed E-state index contributed by atoms with van der Waals surface area (Å²) >= 11 is 0. The van der Waals surface area contributed by atoms with Crippen molar-refractivity contribution >= 4 is 0 Å². The lowest BCUT2D eigenvalue weighted by Gasteiger charge is -2.16. The van der Waals surface area contributed by atoms with Crippen LogP contribution in [0.4, 0.5) is 8.78 Å². The summed E-state index contributed by atoms with van der Waals surface area (Å²) in [5.74, 6) is -1.03. The van der Waals surface area contributed by atoms with Crippen LogP contribution in [-0.2, 0) is 12.8 Å². The van der Waals surface area contributed by atoms with Gasteiger partial charge < -0.3 is 5.32 Å². The van der Waals surface area contributed by atoms with Crippen molar-refractivity contribution in [1.82, 2.24) is 5.32 Å². The van der Waals surface area contributed by atoms with E-state index in [-0.39, 0.29) is 6.04 Å². The van der Waals surface area contributed by atoms with Gasteiger partial charge in [-0.1, -0.05) is 29.8 Å². The van der Waals surface area contributed by atoms with E-state index in [2.05, 4.69) is 36.5 Å². The fraction of sp³-hybridized carbons (Fsp3) is 0.333. The number of rotatable bonds is 6. The number of aryl methyl sites for hydroxylation is 2. The van der Waals surface area contributed by atoms with Crippen LogP contribution in [0.15, 0.2) is 42.5 Å². The van der Waals surface area contributed by atoms with Crippen LogP contribution in [0.5, 0.6) is 0 Å². The Bertz CT molecular complexity index is 575. The van der Waals surface area contributed by atoms with Gasteiger partial charge in [0.2, 0.25) is 0 Å². The summed E-state index contributed by atoms with van der Waals surface area (Å²) in [7, 11) is 1.89. The predicted molar refractivity (Wildman–Crippen MR) is 82.4 cm³/mol. The molecule has 0 amide bonds. The summed E-state index contributed by atoms with van der Waals surface area (Å²) in [5, 5.41) is 3.23. The third-order valence-corrected chi connectivity index (χ3v) is 3.68. The largest absolute Gasteiger partial charge is 0.317 e. The minimum absolute atomic E-state index is 0.201. The molecule has 112 valence electrons. The lowest BCUT2D eigenvalue weighted by molar-refractivity contribution is 0.514. The second-order valence-electron chi connectivity index (χ2n) is 5.50. The molecule has 2 aromatic carbocycles. The predicted octanol–water partition coefficient (Wildman–Crippen LogP) is 4.04. The Morgan fingerprint density at radius 2 is 1.71 bits per heavy atom. The monoisotopic (exact) mass is 289 g/mol. The summed E-state index contributed by atoms with van der Waals surface area (Å²) in [6, 6.07) is 12.3. The molecule has 2 rings (SSSR count). The molecule has 1 nitrogen and oxygen atoms in total. The van der Waals surface area contributed by atoms with Gasteiger partial charge in [-0.15, -0.1) is 0 Å². The molecule has 0 spiro atoms. The number of likely N-dealkylation sites (N-methyl/N-ethyl adjacent to an activating group) is 1. The Balaban J connectivity index is 1.96. The topological polar surface area (TPSA) is 12.0 Å². The Kier molecular flexibility index (Phi) is 5.45. The van der Waals surface area contributed by atoms with E-state index in [9.17, 15) is 8.78 Å². The number of nitrogens with one attached hydrogen (secondary N) is 1. The first-order chi connectivity index (χ1) is 10.1. The zero-order valence-corrected chi connectivity index (χ0v) is 12.5. The van der Waals surface area contributed by atoms with E-state index >= 15 is 0 Å². The number of halogens is 2. The van der Waals surface area contributed by atoms with Gasteiger partial charge in [-0.2, -0.15) is 0 Å². The van der Waals surface area contributed by atoms with Crippen LogP contribution in [0.25, 0.3) is 0 Å². The average Bonchev–Trinajstić information content (AvgIpc) is 2.42. The highest BCUT2D eigenvalue weighted by Crippen LogP contribution is 2.14. The normalized spacial score (nSPS) is 12.4. The molecular formula is C18H21F2N. The van der Waals surface area contributed by atoms with Gasteiger partial charge >= 0.3 is 0 Å². The van der Waals surface area contributed by atoms with Gasteiger partial charge in [-0.25, -0.2) is 8.78 Å². The SMILES string of the molecule is CNC(CCc1cccc(C)c1)Cc1cc(F)cc(F)c1. The standard InChI is InChI=1S/C18H21F2N/c1-13-4-3-5-14(8-13)6-7-18(21-2)11-15-9-16(19)12-17(20)10-15/h3-5,8-10,12,18,21H,6-7,11H2,1-2H3. The van der Waals surface area contributed by atoms with Crippen molar-refractivity contribution in [2.45, 2.75) is 32.2 Å². The third-order valence-electron chi connectivity index (χ3n) is 3.68. The van der Waals surface area contributed by atoms with Gasteiger partial charge in [0.15, 0.2) is 0 Å². The van der Waals surface area contributed by atoms with Crippen LogP contribution in [0, 0.1) is 18.6 Å². The summed E-state index contributed by atoms with van der Waals surface area (Å²) in [6.45, 7) is 2.08. The van der Waals surface area contributed by atoms with Crippen molar-refractivity contribution in [2.24, 2.45) is 0 Å². The van der Waals surface area contributed by atoms with E-state index in [1.807, 2.05) is 7.05 Å². The van der Waals surface area contributed by atoms with Crippen molar-refractivity contribution in [2.75, 3.05) is 7.05 Å². The Labute approximate surface area is 125 Å². The van der Waals surface area contributed by atoms with E-state index in [1.165, 1.54) is 23.3 Å². The fourth-order valence-corrected chi connectivity index (χ4v) is 2.57. The van der Waals surface area contributed by atoms with Gasteiger partial charge in [0.05, 0.1) is 0 Å². The number of hydrogen-bond donors (Lipinski definition) is 1. The third kappa shape index (κ3) is 4.94. The molecule has 21 heavy (non-hydrogen) atoms. The Hall–Kier alpha value is -1.74. The highest BCUT2D eigenvalue weighted by molar-refractivity contribution is 5.23. The first kappa shape index (κ1) is 15.6. The van der Waals surface area contributed by atoms with Crippen LogP contribution in [0.1, 0.15) is 23.1 Å². The van der Waals surface area contributed by atoms with E-state index < -0.39 is 11.6 Å². The maximum Gasteiger partial charge on any atom is 0.126 e. The molecule has 3 heteroatoms. The molecule has 0 heterocycles. The molecule has 0 aromatic heterocycles. The van der Waals surface area contributed by atoms with Crippen LogP contribution >= 0.6 is 0 Å². The summed E-state index contributed by atoms with van der Waals surface area (Å²) in [6.07, 6.45) is 2.50. The van der Waals surface area contributed by atoms with Gasteiger partial charge in [-0.3, -0.25) is 0 Å². The molecule has 0 saturated carbocycles. The molecule has 0 aliphatic heterocycles. The molecule has 2 aromatic rings. The molecule has 0 bridgehead atoms. The lowest BCUT2D eigenvalue weighted by Crippen LogP contribution is -2.28. The first-order valence-electron chi connectivity index (χ1n) is 7.24. The molecule has 1 atom stereocenters. The number of hydrogen-bond acceptors (Lipinski definition) is 1. The van der Waals surface area contributed by atoms with Crippen molar-refractivity contribution in [3.8, 4) is 0 Å². The summed E-state index contributed by atoms with van der Waals surface area (Å²) < 4.78 is 26.4. The molecule has 0 radical (unpaired) electrons. The van der Waals surface area contributed by atoms with Crippen LogP contribution in [0.2, 0.25) is 0 Å². The maximum atomic E-state index is 13.2. The smallest absolute Gasteiger partial charge is 0.126 e. The second kappa shape index (κ2) is 7.32. The van der Waals surface area contributed by atoms with E-state index in [1.54, 1.807) is 0 Å². The Morgan fingerprint density at radius 1 is 1.00 bits per heavy atom. The molecule has 0 aliphatic rings. The molecule has 0 fully saturated rings. The fourth-order valence-electron chi connectivity index (χ4n) is 2.57. The van der Waals surface area contributed by atoms with Crippen LogP contribution < -0.4 is 5.32 Å². The quantitative estimate of drug-likeness (QED) is 0.846. The Morgan fingerprint density at radius 3 is 2.33 bits per heavy atom. The van der Waals surface area contributed by atoms with Crippen molar-refractivity contribution in [1.29, 1.82) is 0 Å². The summed E-state index contributed by atoms with van der Waals surface area (Å²) in [5.41, 5.74) is 3.23. The molecule has 0 saturated heterocycles. The van der Waals surface area contributed by atoms with Crippen molar-refractivity contribution in [3.63, 3.8) is 0 Å². The van der Waals surface area contributed by atoms with E-state index in [0.29, 0.717) is 12.0 Å². The highest BCUT2D eigenvalue weighted by Gasteiger charge is 2.10. The minimum Gasteiger partial charge on any atom is -0.317 e. The first-order valence-corrected chi connectivity index (χ1v) is 7.24. The summed E-state index contributed by atoms with van der Waals surface area (Å²) in [4.78, 5) is 0.